The minimum atomic E-state index is 0.0311. The van der Waals surface area contributed by atoms with Gasteiger partial charge in [-0.1, -0.05) is 79.8 Å². The van der Waals surface area contributed by atoms with E-state index in [-0.39, 0.29) is 5.91 Å². The largest absolute Gasteiger partial charge is 0.496 e. The molecule has 0 saturated heterocycles. The topological polar surface area (TPSA) is 42.4 Å². The molecule has 0 bridgehead atoms. The Labute approximate surface area is 193 Å². The van der Waals surface area contributed by atoms with Crippen LogP contribution < -0.4 is 9.64 Å². The van der Waals surface area contributed by atoms with E-state index in [1.54, 1.807) is 18.4 Å². The monoisotopic (exact) mass is 444 g/mol. The van der Waals surface area contributed by atoms with E-state index in [9.17, 15) is 4.79 Å². The van der Waals surface area contributed by atoms with Crippen molar-refractivity contribution in [3.8, 4) is 5.75 Å². The molecule has 0 atom stereocenters. The highest BCUT2D eigenvalue weighted by molar-refractivity contribution is 7.22. The minimum Gasteiger partial charge on any atom is -0.496 e. The fourth-order valence-electron chi connectivity index (χ4n) is 3.89. The van der Waals surface area contributed by atoms with Crippen molar-refractivity contribution in [2.75, 3.05) is 12.0 Å². The van der Waals surface area contributed by atoms with Gasteiger partial charge in [-0.2, -0.15) is 0 Å². The molecule has 4 nitrogen and oxygen atoms in total. The maximum Gasteiger partial charge on any atom is 0.233 e. The molecule has 0 fully saturated rings. The normalized spacial score (nSPS) is 11.2. The van der Waals surface area contributed by atoms with Gasteiger partial charge in [0, 0.05) is 0 Å². The van der Waals surface area contributed by atoms with Crippen molar-refractivity contribution in [1.82, 2.24) is 4.98 Å². The summed E-state index contributed by atoms with van der Waals surface area (Å²) >= 11 is 1.58. The van der Waals surface area contributed by atoms with E-state index < -0.39 is 0 Å². The van der Waals surface area contributed by atoms with Gasteiger partial charge in [0.05, 0.1) is 30.3 Å². The first-order chi connectivity index (χ1) is 15.5. The molecule has 32 heavy (non-hydrogen) atoms. The van der Waals surface area contributed by atoms with Crippen molar-refractivity contribution >= 4 is 32.6 Å². The lowest BCUT2D eigenvalue weighted by Crippen LogP contribution is -2.31. The van der Waals surface area contributed by atoms with Crippen LogP contribution in [0.1, 0.15) is 42.0 Å². The molecule has 0 N–H and O–H groups in total. The number of methoxy groups -OCH3 is 1. The first-order valence-corrected chi connectivity index (χ1v) is 11.6. The van der Waals surface area contributed by atoms with Gasteiger partial charge in [0.1, 0.15) is 5.75 Å². The molecule has 0 aliphatic carbocycles. The van der Waals surface area contributed by atoms with Crippen molar-refractivity contribution in [1.29, 1.82) is 0 Å². The molecule has 0 saturated carbocycles. The summed E-state index contributed by atoms with van der Waals surface area (Å²) < 4.78 is 6.47. The van der Waals surface area contributed by atoms with Gasteiger partial charge >= 0.3 is 0 Å². The molecule has 1 aromatic heterocycles. The number of benzene rings is 3. The van der Waals surface area contributed by atoms with Gasteiger partial charge in [-0.25, -0.2) is 4.98 Å². The van der Waals surface area contributed by atoms with Crippen LogP contribution >= 0.6 is 11.3 Å². The third-order valence-electron chi connectivity index (χ3n) is 5.59. The van der Waals surface area contributed by atoms with Gasteiger partial charge < -0.3 is 4.74 Å². The summed E-state index contributed by atoms with van der Waals surface area (Å²) in [5.74, 6) is 1.23. The van der Waals surface area contributed by atoms with Crippen molar-refractivity contribution in [3.05, 3.63) is 89.0 Å². The molecule has 0 radical (unpaired) electrons. The second-order valence-corrected chi connectivity index (χ2v) is 9.30. The standard InChI is InChI=1S/C27H28N2O2S/c1-18(2)22-11-8-12-24-26(22)28-27(32-24)29(17-20-9-6-5-7-10-20)25(30)16-21-13-14-23(31-4)19(3)15-21/h5-15,18H,16-17H2,1-4H3. The van der Waals surface area contributed by atoms with E-state index in [2.05, 4.69) is 32.0 Å². The van der Waals surface area contributed by atoms with Crippen LogP contribution in [-0.2, 0) is 17.8 Å². The molecular weight excluding hydrogens is 416 g/mol. The fourth-order valence-corrected chi connectivity index (χ4v) is 4.91. The van der Waals surface area contributed by atoms with Crippen molar-refractivity contribution < 1.29 is 9.53 Å². The number of thiazole rings is 1. The number of aryl methyl sites for hydroxylation is 1. The van der Waals surface area contributed by atoms with Gasteiger partial charge in [-0.3, -0.25) is 9.69 Å². The molecule has 0 unspecified atom stereocenters. The molecule has 4 aromatic rings. The first kappa shape index (κ1) is 22.0. The summed E-state index contributed by atoms with van der Waals surface area (Å²) in [5, 5.41) is 0.743. The number of rotatable bonds is 7. The Hall–Kier alpha value is -3.18. The number of aromatic nitrogens is 1. The predicted molar refractivity (Wildman–Crippen MR) is 133 cm³/mol. The second kappa shape index (κ2) is 9.53. The molecule has 1 amide bonds. The lowest BCUT2D eigenvalue weighted by atomic mass is 10.0. The maximum atomic E-state index is 13.5. The number of nitrogens with zero attached hydrogens (tertiary/aromatic N) is 2. The Morgan fingerprint density at radius 1 is 1.03 bits per heavy atom. The minimum absolute atomic E-state index is 0.0311. The van der Waals surface area contributed by atoms with Crippen LogP contribution in [0.3, 0.4) is 0 Å². The zero-order chi connectivity index (χ0) is 22.7. The van der Waals surface area contributed by atoms with Gasteiger partial charge in [0.25, 0.3) is 0 Å². The number of hydrogen-bond donors (Lipinski definition) is 0. The zero-order valence-corrected chi connectivity index (χ0v) is 19.8. The Bertz CT molecular complexity index is 1230. The Morgan fingerprint density at radius 3 is 2.50 bits per heavy atom. The molecule has 0 aliphatic rings. The Morgan fingerprint density at radius 2 is 1.81 bits per heavy atom. The van der Waals surface area contributed by atoms with Crippen molar-refractivity contribution in [2.24, 2.45) is 0 Å². The first-order valence-electron chi connectivity index (χ1n) is 10.8. The summed E-state index contributed by atoms with van der Waals surface area (Å²) in [6, 6.07) is 22.3. The summed E-state index contributed by atoms with van der Waals surface area (Å²) in [6.07, 6.45) is 0.310. The third-order valence-corrected chi connectivity index (χ3v) is 6.63. The van der Waals surface area contributed by atoms with E-state index in [0.29, 0.717) is 18.9 Å². The van der Waals surface area contributed by atoms with Crippen LogP contribution in [0.15, 0.2) is 66.7 Å². The Kier molecular flexibility index (Phi) is 6.56. The molecule has 4 rings (SSSR count). The van der Waals surface area contributed by atoms with Crippen LogP contribution in [0.5, 0.6) is 5.75 Å². The quantitative estimate of drug-likeness (QED) is 0.326. The number of anilines is 1. The molecule has 3 aromatic carbocycles. The molecule has 0 spiro atoms. The third kappa shape index (κ3) is 4.68. The van der Waals surface area contributed by atoms with Gasteiger partial charge in [-0.05, 0) is 47.2 Å². The zero-order valence-electron chi connectivity index (χ0n) is 19.0. The highest BCUT2D eigenvalue weighted by atomic mass is 32.1. The number of amides is 1. The number of ether oxygens (including phenoxy) is 1. The second-order valence-electron chi connectivity index (χ2n) is 8.29. The molecule has 1 heterocycles. The highest BCUT2D eigenvalue weighted by Gasteiger charge is 2.22. The maximum absolute atomic E-state index is 13.5. The van der Waals surface area contributed by atoms with E-state index >= 15 is 0 Å². The van der Waals surface area contributed by atoms with Gasteiger partial charge in [-0.15, -0.1) is 0 Å². The average molecular weight is 445 g/mol. The Balaban J connectivity index is 1.70. The molecule has 0 aliphatic heterocycles. The summed E-state index contributed by atoms with van der Waals surface area (Å²) in [7, 11) is 1.66. The van der Waals surface area contributed by atoms with Gasteiger partial charge in [0.2, 0.25) is 5.91 Å². The van der Waals surface area contributed by atoms with Crippen molar-refractivity contribution in [3.63, 3.8) is 0 Å². The van der Waals surface area contributed by atoms with Crippen LogP contribution in [0.25, 0.3) is 10.2 Å². The number of fused-ring (bicyclic) bond motifs is 1. The number of carbonyl (C=O) groups is 1. The summed E-state index contributed by atoms with van der Waals surface area (Å²) in [4.78, 5) is 20.3. The fraction of sp³-hybridized carbons (Fsp3) is 0.259. The van der Waals surface area contributed by atoms with Crippen LogP contribution in [0.4, 0.5) is 5.13 Å². The molecular formula is C27H28N2O2S. The smallest absolute Gasteiger partial charge is 0.233 e. The lowest BCUT2D eigenvalue weighted by molar-refractivity contribution is -0.118. The van der Waals surface area contributed by atoms with Crippen molar-refractivity contribution in [2.45, 2.75) is 39.7 Å². The van der Waals surface area contributed by atoms with E-state index in [4.69, 9.17) is 9.72 Å². The van der Waals surface area contributed by atoms with Gasteiger partial charge in [0.15, 0.2) is 5.13 Å². The summed E-state index contributed by atoms with van der Waals surface area (Å²) in [6.45, 7) is 6.83. The van der Waals surface area contributed by atoms with Crippen LogP contribution in [-0.4, -0.2) is 18.0 Å². The molecule has 5 heteroatoms. The predicted octanol–water partition coefficient (Wildman–Crippen LogP) is 6.51. The molecule has 164 valence electrons. The van der Waals surface area contributed by atoms with E-state index in [1.807, 2.05) is 60.4 Å². The highest BCUT2D eigenvalue weighted by Crippen LogP contribution is 2.34. The average Bonchev–Trinajstić information content (AvgIpc) is 3.22. The van der Waals surface area contributed by atoms with Crippen LogP contribution in [0.2, 0.25) is 0 Å². The number of carbonyl (C=O) groups excluding carboxylic acids is 1. The summed E-state index contributed by atoms with van der Waals surface area (Å²) in [5.41, 5.74) is 5.27. The SMILES string of the molecule is COc1ccc(CC(=O)N(Cc2ccccc2)c2nc3c(C(C)C)cccc3s2)cc1C. The van der Waals surface area contributed by atoms with E-state index in [0.717, 1.165) is 37.8 Å². The number of para-hydroxylation sites is 1. The lowest BCUT2D eigenvalue weighted by Gasteiger charge is -2.20. The van der Waals surface area contributed by atoms with Crippen LogP contribution in [0, 0.1) is 6.92 Å². The number of hydrogen-bond acceptors (Lipinski definition) is 4. The van der Waals surface area contributed by atoms with E-state index in [1.165, 1.54) is 5.56 Å².